The van der Waals surface area contributed by atoms with Crippen LogP contribution < -0.4 is 9.64 Å². The molecule has 0 aliphatic carbocycles. The summed E-state index contributed by atoms with van der Waals surface area (Å²) in [6.45, 7) is 4.29. The van der Waals surface area contributed by atoms with E-state index in [1.165, 1.54) is 16.2 Å². The number of amides is 1. The fourth-order valence-corrected chi connectivity index (χ4v) is 3.03. The summed E-state index contributed by atoms with van der Waals surface area (Å²) in [4.78, 5) is 30.0. The van der Waals surface area contributed by atoms with Gasteiger partial charge in [0, 0.05) is 10.9 Å². The molecule has 2 aromatic rings. The average molecular weight is 360 g/mol. The Balaban J connectivity index is 1.77. The van der Waals surface area contributed by atoms with Gasteiger partial charge in [0.2, 0.25) is 0 Å². The largest absolute Gasteiger partial charge is 0.482 e. The first kappa shape index (κ1) is 17.4. The van der Waals surface area contributed by atoms with Crippen LogP contribution >= 0.6 is 11.3 Å². The molecule has 0 radical (unpaired) electrons. The van der Waals surface area contributed by atoms with Crippen LogP contribution in [0.25, 0.3) is 11.3 Å². The summed E-state index contributed by atoms with van der Waals surface area (Å²) in [5.41, 5.74) is 4.02. The molecular weight excluding hydrogens is 340 g/mol. The van der Waals surface area contributed by atoms with Crippen molar-refractivity contribution in [3.8, 4) is 17.0 Å². The van der Waals surface area contributed by atoms with Gasteiger partial charge in [-0.1, -0.05) is 13.8 Å². The van der Waals surface area contributed by atoms with Crippen LogP contribution in [0.1, 0.15) is 20.3 Å². The molecule has 0 unspecified atom stereocenters. The van der Waals surface area contributed by atoms with Crippen molar-refractivity contribution in [2.75, 3.05) is 24.7 Å². The van der Waals surface area contributed by atoms with Crippen LogP contribution in [-0.4, -0.2) is 36.6 Å². The smallest absolute Gasteiger partial charge is 0.326 e. The van der Waals surface area contributed by atoms with E-state index in [9.17, 15) is 9.59 Å². The molecule has 0 bridgehead atoms. The van der Waals surface area contributed by atoms with Crippen LogP contribution in [0.3, 0.4) is 0 Å². The van der Waals surface area contributed by atoms with E-state index in [0.29, 0.717) is 24.0 Å². The van der Waals surface area contributed by atoms with E-state index in [-0.39, 0.29) is 19.1 Å². The van der Waals surface area contributed by atoms with Gasteiger partial charge in [-0.2, -0.15) is 0 Å². The summed E-state index contributed by atoms with van der Waals surface area (Å²) in [6.07, 6.45) is 0.799. The Morgan fingerprint density at radius 1 is 1.44 bits per heavy atom. The van der Waals surface area contributed by atoms with Crippen LogP contribution in [0, 0.1) is 5.92 Å². The number of carbonyl (C=O) groups is 2. The second-order valence-electron chi connectivity index (χ2n) is 6.23. The molecule has 7 heteroatoms. The van der Waals surface area contributed by atoms with Gasteiger partial charge in [0.1, 0.15) is 12.3 Å². The number of esters is 1. The third-order valence-electron chi connectivity index (χ3n) is 3.88. The second kappa shape index (κ2) is 7.65. The first-order chi connectivity index (χ1) is 12.0. The minimum Gasteiger partial charge on any atom is -0.482 e. The van der Waals surface area contributed by atoms with Crippen LogP contribution in [0.2, 0.25) is 0 Å². The van der Waals surface area contributed by atoms with E-state index in [1.807, 2.05) is 17.5 Å². The molecule has 3 rings (SSSR count). The predicted octanol–water partition coefficient (Wildman–Crippen LogP) is 3.12. The minimum atomic E-state index is -0.416. The highest BCUT2D eigenvalue weighted by Crippen LogP contribution is 2.35. The van der Waals surface area contributed by atoms with Crippen LogP contribution in [-0.2, 0) is 14.3 Å². The summed E-state index contributed by atoms with van der Waals surface area (Å²) in [7, 11) is 0. The summed E-state index contributed by atoms with van der Waals surface area (Å²) >= 11 is 1.50. The zero-order valence-corrected chi connectivity index (χ0v) is 15.0. The van der Waals surface area contributed by atoms with Crippen LogP contribution in [0.4, 0.5) is 5.69 Å². The molecule has 132 valence electrons. The summed E-state index contributed by atoms with van der Waals surface area (Å²) in [6, 6.07) is 5.51. The SMILES string of the molecule is CC(C)CCOC(=O)CN1C(=O)COc2ccc(-c3cscn3)cc21. The molecule has 1 amide bonds. The van der Waals surface area contributed by atoms with Gasteiger partial charge in [0.05, 0.1) is 23.5 Å². The summed E-state index contributed by atoms with van der Waals surface area (Å²) < 4.78 is 10.7. The number of hydrogen-bond donors (Lipinski definition) is 0. The Morgan fingerprint density at radius 3 is 3.00 bits per heavy atom. The third-order valence-corrected chi connectivity index (χ3v) is 4.46. The number of rotatable bonds is 6. The Labute approximate surface area is 150 Å². The van der Waals surface area contributed by atoms with Gasteiger partial charge in [0.25, 0.3) is 5.91 Å². The molecular formula is C18H20N2O4S. The van der Waals surface area contributed by atoms with E-state index in [1.54, 1.807) is 11.6 Å². The molecule has 0 atom stereocenters. The Morgan fingerprint density at radius 2 is 2.28 bits per heavy atom. The van der Waals surface area contributed by atoms with Gasteiger partial charge < -0.3 is 9.47 Å². The summed E-state index contributed by atoms with van der Waals surface area (Å²) in [5.74, 6) is 0.359. The van der Waals surface area contributed by atoms with Crippen molar-refractivity contribution in [3.05, 3.63) is 29.1 Å². The fourth-order valence-electron chi connectivity index (χ4n) is 2.47. The van der Waals surface area contributed by atoms with Gasteiger partial charge in [-0.25, -0.2) is 4.98 Å². The second-order valence-corrected chi connectivity index (χ2v) is 6.95. The quantitative estimate of drug-likeness (QED) is 0.741. The van der Waals surface area contributed by atoms with Crippen molar-refractivity contribution < 1.29 is 19.1 Å². The van der Waals surface area contributed by atoms with E-state index in [0.717, 1.165) is 17.7 Å². The summed E-state index contributed by atoms with van der Waals surface area (Å²) in [5, 5.41) is 1.93. The molecule has 1 aliphatic rings. The molecule has 1 aromatic carbocycles. The lowest BCUT2D eigenvalue weighted by Gasteiger charge is -2.29. The van der Waals surface area contributed by atoms with Crippen molar-refractivity contribution >= 4 is 28.9 Å². The number of thiazole rings is 1. The normalized spacial score (nSPS) is 13.6. The fraction of sp³-hybridized carbons (Fsp3) is 0.389. The lowest BCUT2D eigenvalue weighted by molar-refractivity contribution is -0.143. The molecule has 2 heterocycles. The van der Waals surface area contributed by atoms with Crippen molar-refractivity contribution in [2.24, 2.45) is 5.92 Å². The number of hydrogen-bond acceptors (Lipinski definition) is 6. The highest BCUT2D eigenvalue weighted by atomic mass is 32.1. The monoisotopic (exact) mass is 360 g/mol. The van der Waals surface area contributed by atoms with Gasteiger partial charge in [-0.15, -0.1) is 11.3 Å². The van der Waals surface area contributed by atoms with Crippen molar-refractivity contribution in [2.45, 2.75) is 20.3 Å². The van der Waals surface area contributed by atoms with Gasteiger partial charge >= 0.3 is 5.97 Å². The van der Waals surface area contributed by atoms with E-state index < -0.39 is 5.97 Å². The van der Waals surface area contributed by atoms with Crippen LogP contribution in [0.5, 0.6) is 5.75 Å². The first-order valence-corrected chi connectivity index (χ1v) is 9.10. The van der Waals surface area contributed by atoms with Crippen LogP contribution in [0.15, 0.2) is 29.1 Å². The highest BCUT2D eigenvalue weighted by Gasteiger charge is 2.28. The molecule has 0 saturated heterocycles. The number of ether oxygens (including phenoxy) is 2. The molecule has 1 aliphatic heterocycles. The molecule has 1 aromatic heterocycles. The van der Waals surface area contributed by atoms with Gasteiger partial charge in [-0.05, 0) is 30.5 Å². The zero-order valence-electron chi connectivity index (χ0n) is 14.2. The lowest BCUT2D eigenvalue weighted by Crippen LogP contribution is -2.42. The van der Waals surface area contributed by atoms with Crippen molar-refractivity contribution in [1.29, 1.82) is 0 Å². The minimum absolute atomic E-state index is 0.0810. The number of aromatic nitrogens is 1. The van der Waals surface area contributed by atoms with Crippen molar-refractivity contribution in [1.82, 2.24) is 4.98 Å². The predicted molar refractivity (Wildman–Crippen MR) is 95.8 cm³/mol. The molecule has 0 fully saturated rings. The Hall–Kier alpha value is -2.41. The lowest BCUT2D eigenvalue weighted by atomic mass is 10.1. The maximum atomic E-state index is 12.3. The number of nitrogens with zero attached hydrogens (tertiary/aromatic N) is 2. The number of fused-ring (bicyclic) bond motifs is 1. The van der Waals surface area contributed by atoms with Gasteiger partial charge in [0.15, 0.2) is 6.61 Å². The Bertz CT molecular complexity index is 758. The van der Waals surface area contributed by atoms with E-state index >= 15 is 0 Å². The highest BCUT2D eigenvalue weighted by molar-refractivity contribution is 7.07. The number of benzene rings is 1. The molecule has 0 saturated carbocycles. The maximum Gasteiger partial charge on any atom is 0.326 e. The molecule has 0 N–H and O–H groups in total. The molecule has 25 heavy (non-hydrogen) atoms. The maximum absolute atomic E-state index is 12.3. The molecule has 6 nitrogen and oxygen atoms in total. The standard InChI is InChI=1S/C18H20N2O4S/c1-12(2)5-6-23-18(22)8-20-15-7-13(14-10-25-11-19-14)3-4-16(15)24-9-17(20)21/h3-4,7,10-12H,5-6,8-9H2,1-2H3. The molecule has 0 spiro atoms. The third kappa shape index (κ3) is 4.17. The zero-order chi connectivity index (χ0) is 17.8. The Kier molecular flexibility index (Phi) is 5.33. The van der Waals surface area contributed by atoms with Crippen molar-refractivity contribution in [3.63, 3.8) is 0 Å². The topological polar surface area (TPSA) is 68.7 Å². The van der Waals surface area contributed by atoms with E-state index in [4.69, 9.17) is 9.47 Å². The first-order valence-electron chi connectivity index (χ1n) is 8.16. The number of anilines is 1. The van der Waals surface area contributed by atoms with Gasteiger partial charge in [-0.3, -0.25) is 14.5 Å². The van der Waals surface area contributed by atoms with E-state index in [2.05, 4.69) is 18.8 Å². The average Bonchev–Trinajstić information content (AvgIpc) is 3.11. The number of carbonyl (C=O) groups excluding carboxylic acids is 2.